The summed E-state index contributed by atoms with van der Waals surface area (Å²) in [5.41, 5.74) is 16.4. The van der Waals surface area contributed by atoms with Crippen molar-refractivity contribution in [3.8, 4) is 0 Å². The number of rotatable bonds is 18. The van der Waals surface area contributed by atoms with Gasteiger partial charge in [0.1, 0.15) is 18.1 Å². The fourth-order valence-electron chi connectivity index (χ4n) is 3.01. The van der Waals surface area contributed by atoms with E-state index in [9.17, 15) is 33.9 Å². The third kappa shape index (κ3) is 12.7. The molecule has 4 amide bonds. The lowest BCUT2D eigenvalue weighted by Gasteiger charge is -2.25. The Morgan fingerprint density at radius 1 is 0.829 bits per heavy atom. The van der Waals surface area contributed by atoms with Gasteiger partial charge in [0.05, 0.1) is 12.5 Å². The van der Waals surface area contributed by atoms with Crippen molar-refractivity contribution >= 4 is 35.6 Å². The van der Waals surface area contributed by atoms with Crippen LogP contribution in [0.4, 0.5) is 0 Å². The minimum atomic E-state index is -1.57. The van der Waals surface area contributed by atoms with Gasteiger partial charge in [0, 0.05) is 6.42 Å². The van der Waals surface area contributed by atoms with Crippen LogP contribution in [0.2, 0.25) is 0 Å². The fraction of sp³-hybridized carbons (Fsp3) is 0.714. The first kappa shape index (κ1) is 31.7. The lowest BCUT2D eigenvalue weighted by atomic mass is 9.99. The Bertz CT molecular complexity index is 762. The van der Waals surface area contributed by atoms with Crippen LogP contribution < -0.4 is 33.2 Å². The second kappa shape index (κ2) is 16.4. The highest BCUT2D eigenvalue weighted by molar-refractivity contribution is 5.95. The highest BCUT2D eigenvalue weighted by Gasteiger charge is 2.32. The Kier molecular flexibility index (Phi) is 14.9. The Balaban J connectivity index is 5.58. The maximum atomic E-state index is 12.8. The molecule has 11 N–H and O–H groups in total. The molecule has 14 heteroatoms. The highest BCUT2D eigenvalue weighted by Crippen LogP contribution is 2.08. The molecular weight excluding hydrogens is 464 g/mol. The van der Waals surface area contributed by atoms with Gasteiger partial charge in [-0.3, -0.25) is 24.0 Å². The van der Waals surface area contributed by atoms with Gasteiger partial charge in [-0.25, -0.2) is 4.79 Å². The number of carbonyl (C=O) groups excluding carboxylic acids is 4. The van der Waals surface area contributed by atoms with Crippen molar-refractivity contribution in [3.63, 3.8) is 0 Å². The van der Waals surface area contributed by atoms with E-state index in [4.69, 9.17) is 22.3 Å². The lowest BCUT2D eigenvalue weighted by molar-refractivity contribution is -0.143. The van der Waals surface area contributed by atoms with Crippen LogP contribution >= 0.6 is 0 Å². The van der Waals surface area contributed by atoms with E-state index in [0.717, 1.165) is 0 Å². The summed E-state index contributed by atoms with van der Waals surface area (Å²) in [5, 5.41) is 25.4. The molecule has 35 heavy (non-hydrogen) atoms. The molecule has 0 saturated carbocycles. The number of aliphatic carboxylic acids is 2. The summed E-state index contributed by atoms with van der Waals surface area (Å²) in [6.07, 6.45) is 0.216. The van der Waals surface area contributed by atoms with Crippen molar-refractivity contribution in [1.82, 2.24) is 16.0 Å². The fourth-order valence-corrected chi connectivity index (χ4v) is 3.01. The number of carbonyl (C=O) groups is 6. The smallest absolute Gasteiger partial charge is 0.326 e. The van der Waals surface area contributed by atoms with Crippen LogP contribution in [0, 0.1) is 5.92 Å². The summed E-state index contributed by atoms with van der Waals surface area (Å²) >= 11 is 0. The molecule has 0 spiro atoms. The Morgan fingerprint density at radius 3 is 1.86 bits per heavy atom. The van der Waals surface area contributed by atoms with Gasteiger partial charge in [-0.2, -0.15) is 0 Å². The second-order valence-corrected chi connectivity index (χ2v) is 8.32. The van der Waals surface area contributed by atoms with E-state index in [1.807, 2.05) is 6.92 Å². The topological polar surface area (TPSA) is 257 Å². The zero-order valence-corrected chi connectivity index (χ0v) is 20.1. The molecule has 0 aliphatic rings. The number of primary amides is 1. The molecule has 5 unspecified atom stereocenters. The number of carboxylic acids is 2. The summed E-state index contributed by atoms with van der Waals surface area (Å²) in [5.74, 6) is -6.38. The zero-order valence-electron chi connectivity index (χ0n) is 20.1. The molecule has 0 radical (unpaired) electrons. The molecule has 0 aliphatic heterocycles. The van der Waals surface area contributed by atoms with E-state index in [0.29, 0.717) is 25.8 Å². The van der Waals surface area contributed by atoms with Crippen LogP contribution in [0.3, 0.4) is 0 Å². The summed E-state index contributed by atoms with van der Waals surface area (Å²) in [4.78, 5) is 72.0. The van der Waals surface area contributed by atoms with E-state index < -0.39 is 66.2 Å². The Labute approximate surface area is 203 Å². The van der Waals surface area contributed by atoms with E-state index in [1.54, 1.807) is 6.92 Å². The van der Waals surface area contributed by atoms with Crippen LogP contribution in [0.25, 0.3) is 0 Å². The van der Waals surface area contributed by atoms with Gasteiger partial charge in [-0.05, 0) is 38.1 Å². The molecular formula is C21H38N6O8. The minimum absolute atomic E-state index is 0.0833. The average Bonchev–Trinajstić information content (AvgIpc) is 2.78. The molecule has 0 aromatic rings. The number of carboxylic acid groups (broad SMARTS) is 2. The van der Waals surface area contributed by atoms with Crippen LogP contribution in [0.1, 0.15) is 58.8 Å². The quantitative estimate of drug-likeness (QED) is 0.0935. The summed E-state index contributed by atoms with van der Waals surface area (Å²) in [7, 11) is 0. The average molecular weight is 503 g/mol. The summed E-state index contributed by atoms with van der Waals surface area (Å²) in [6.45, 7) is 3.86. The van der Waals surface area contributed by atoms with E-state index >= 15 is 0 Å². The largest absolute Gasteiger partial charge is 0.481 e. The first-order chi connectivity index (χ1) is 16.3. The van der Waals surface area contributed by atoms with Crippen molar-refractivity contribution < 1.29 is 39.0 Å². The van der Waals surface area contributed by atoms with Crippen LogP contribution in [0.15, 0.2) is 0 Å². The summed E-state index contributed by atoms with van der Waals surface area (Å²) in [6, 6.07) is -5.26. The van der Waals surface area contributed by atoms with E-state index in [1.165, 1.54) is 0 Å². The highest BCUT2D eigenvalue weighted by atomic mass is 16.4. The van der Waals surface area contributed by atoms with Crippen molar-refractivity contribution in [2.24, 2.45) is 23.1 Å². The molecule has 0 heterocycles. The Morgan fingerprint density at radius 2 is 1.37 bits per heavy atom. The van der Waals surface area contributed by atoms with Crippen LogP contribution in [0.5, 0.6) is 0 Å². The van der Waals surface area contributed by atoms with Gasteiger partial charge >= 0.3 is 11.9 Å². The molecule has 200 valence electrons. The maximum Gasteiger partial charge on any atom is 0.326 e. The Hall–Kier alpha value is -3.26. The normalized spacial score (nSPS) is 15.1. The number of hydrogen-bond donors (Lipinski definition) is 8. The number of unbranched alkanes of at least 4 members (excludes halogenated alkanes) is 1. The molecule has 0 saturated heterocycles. The molecule has 0 aliphatic carbocycles. The first-order valence-corrected chi connectivity index (χ1v) is 11.4. The predicted octanol–water partition coefficient (Wildman–Crippen LogP) is -2.23. The zero-order chi connectivity index (χ0) is 27.1. The monoisotopic (exact) mass is 502 g/mol. The third-order valence-corrected chi connectivity index (χ3v) is 5.45. The lowest BCUT2D eigenvalue weighted by Crippen LogP contribution is -2.58. The first-order valence-electron chi connectivity index (χ1n) is 11.4. The second-order valence-electron chi connectivity index (χ2n) is 8.32. The van der Waals surface area contributed by atoms with Gasteiger partial charge in [-0.15, -0.1) is 0 Å². The molecule has 0 aromatic heterocycles. The van der Waals surface area contributed by atoms with Gasteiger partial charge < -0.3 is 43.4 Å². The van der Waals surface area contributed by atoms with Crippen LogP contribution in [-0.4, -0.2) is 76.5 Å². The predicted molar refractivity (Wildman–Crippen MR) is 124 cm³/mol. The van der Waals surface area contributed by atoms with Crippen molar-refractivity contribution in [2.45, 2.75) is 83.0 Å². The molecule has 0 rings (SSSR count). The summed E-state index contributed by atoms with van der Waals surface area (Å²) < 4.78 is 0. The SMILES string of the molecule is CCC(C)C(N)C(=O)NC(CC(=O)O)C(=O)NC(CCC(N)=O)C(=O)NC(CCCCN)C(=O)O. The van der Waals surface area contributed by atoms with Crippen molar-refractivity contribution in [1.29, 1.82) is 0 Å². The molecule has 0 aromatic carbocycles. The van der Waals surface area contributed by atoms with Gasteiger partial charge in [0.2, 0.25) is 23.6 Å². The van der Waals surface area contributed by atoms with Crippen LogP contribution in [-0.2, 0) is 28.8 Å². The van der Waals surface area contributed by atoms with Crippen molar-refractivity contribution in [3.05, 3.63) is 0 Å². The molecule has 5 atom stereocenters. The number of nitrogens with two attached hydrogens (primary N) is 3. The van der Waals surface area contributed by atoms with Gasteiger partial charge in [0.25, 0.3) is 0 Å². The number of amides is 4. The van der Waals surface area contributed by atoms with E-state index in [2.05, 4.69) is 16.0 Å². The third-order valence-electron chi connectivity index (χ3n) is 5.45. The number of nitrogens with one attached hydrogen (secondary N) is 3. The standard InChI is InChI=1S/C21H38N6O8/c1-3-11(2)17(24)20(33)27-14(10-16(29)30)19(32)25-12(7-8-15(23)28)18(31)26-13(21(34)35)6-4-5-9-22/h11-14,17H,3-10,22,24H2,1-2H3,(H2,23,28)(H,25,32)(H,26,31)(H,27,33)(H,29,30)(H,34,35). The van der Waals surface area contributed by atoms with Gasteiger partial charge in [-0.1, -0.05) is 20.3 Å². The molecule has 0 bridgehead atoms. The molecule has 14 nitrogen and oxygen atoms in total. The number of hydrogen-bond acceptors (Lipinski definition) is 8. The van der Waals surface area contributed by atoms with E-state index in [-0.39, 0.29) is 25.2 Å². The maximum absolute atomic E-state index is 12.8. The van der Waals surface area contributed by atoms with Gasteiger partial charge in [0.15, 0.2) is 0 Å². The minimum Gasteiger partial charge on any atom is -0.481 e. The molecule has 0 fully saturated rings. The van der Waals surface area contributed by atoms with Crippen molar-refractivity contribution in [2.75, 3.05) is 6.54 Å².